The lowest BCUT2D eigenvalue weighted by molar-refractivity contribution is -0.133. The molecule has 0 bridgehead atoms. The van der Waals surface area contributed by atoms with Crippen LogP contribution in [-0.2, 0) is 4.79 Å². The lowest BCUT2D eigenvalue weighted by Crippen LogP contribution is -2.27. The van der Waals surface area contributed by atoms with E-state index in [9.17, 15) is 9.59 Å². The van der Waals surface area contributed by atoms with Crippen molar-refractivity contribution in [2.24, 2.45) is 5.73 Å². The second-order valence-corrected chi connectivity index (χ2v) is 7.17. The van der Waals surface area contributed by atoms with E-state index in [2.05, 4.69) is 5.32 Å². The minimum atomic E-state index is -0.361. The lowest BCUT2D eigenvalue weighted by Gasteiger charge is -2.07. The molecule has 1 aromatic heterocycles. The Balaban J connectivity index is 1.67. The Morgan fingerprint density at radius 3 is 2.69 bits per heavy atom. The monoisotopic (exact) mass is 370 g/mol. The summed E-state index contributed by atoms with van der Waals surface area (Å²) in [6.07, 6.45) is 3.02. The predicted octanol–water partition coefficient (Wildman–Crippen LogP) is 3.04. The molecule has 0 radical (unpaired) electrons. The van der Waals surface area contributed by atoms with Crippen LogP contribution in [0.25, 0.3) is 20.2 Å². The molecule has 0 fully saturated rings. The summed E-state index contributed by atoms with van der Waals surface area (Å²) in [4.78, 5) is 24.6. The van der Waals surface area contributed by atoms with Crippen molar-refractivity contribution in [2.45, 2.75) is 19.3 Å². The van der Waals surface area contributed by atoms with Gasteiger partial charge in [0.2, 0.25) is 0 Å². The normalized spacial score (nSPS) is 11.1. The quantitative estimate of drug-likeness (QED) is 0.276. The van der Waals surface area contributed by atoms with E-state index < -0.39 is 0 Å². The highest BCUT2D eigenvalue weighted by atomic mass is 32.1. The average Bonchev–Trinajstić information content (AvgIpc) is 2.65. The van der Waals surface area contributed by atoms with Gasteiger partial charge in [0.25, 0.3) is 0 Å². The molecule has 0 atom stereocenters. The molecule has 3 N–H and O–H groups in total. The molecule has 0 spiro atoms. The second kappa shape index (κ2) is 8.89. The fourth-order valence-corrected chi connectivity index (χ4v) is 3.83. The minimum Gasteiger partial charge on any atom is -0.426 e. The largest absolute Gasteiger partial charge is 0.426 e. The molecule has 5 nitrogen and oxygen atoms in total. The van der Waals surface area contributed by atoms with Crippen LogP contribution in [0.4, 0.5) is 0 Å². The van der Waals surface area contributed by atoms with Gasteiger partial charge < -0.3 is 15.8 Å². The number of nitrogens with two attached hydrogens (primary N) is 1. The average molecular weight is 370 g/mol. The van der Waals surface area contributed by atoms with E-state index in [0.717, 1.165) is 35.2 Å². The molecular weight excluding hydrogens is 348 g/mol. The van der Waals surface area contributed by atoms with Crippen molar-refractivity contribution in [3.63, 3.8) is 0 Å². The number of nitrogens with one attached hydrogen (secondary N) is 1. The number of benzene rings is 2. The Morgan fingerprint density at radius 2 is 1.85 bits per heavy atom. The molecule has 2 aromatic carbocycles. The molecule has 3 aromatic rings. The molecule has 3 rings (SSSR count). The van der Waals surface area contributed by atoms with E-state index in [-0.39, 0.29) is 17.9 Å². The summed E-state index contributed by atoms with van der Waals surface area (Å²) >= 11 is 1.55. The van der Waals surface area contributed by atoms with Gasteiger partial charge in [-0.3, -0.25) is 9.59 Å². The van der Waals surface area contributed by atoms with Crippen molar-refractivity contribution in [1.82, 2.24) is 5.32 Å². The van der Waals surface area contributed by atoms with Gasteiger partial charge in [0.1, 0.15) is 5.75 Å². The van der Waals surface area contributed by atoms with Crippen molar-refractivity contribution in [3.8, 4) is 5.75 Å². The summed E-state index contributed by atoms with van der Waals surface area (Å²) in [5, 5.41) is 4.33. The number of carbonyl (C=O) groups is 1. The molecule has 136 valence electrons. The zero-order chi connectivity index (χ0) is 18.4. The SMILES string of the molecule is NCCCCCNCC(=O)Oc1ccc2sc3ccccc3c(=O)c2c1. The Morgan fingerprint density at radius 1 is 1.04 bits per heavy atom. The van der Waals surface area contributed by atoms with Crippen molar-refractivity contribution >= 4 is 37.5 Å². The topological polar surface area (TPSA) is 81.4 Å². The summed E-state index contributed by atoms with van der Waals surface area (Å²) in [6.45, 7) is 1.60. The van der Waals surface area contributed by atoms with E-state index in [4.69, 9.17) is 10.5 Å². The highest BCUT2D eigenvalue weighted by molar-refractivity contribution is 7.24. The first-order chi connectivity index (χ1) is 12.7. The van der Waals surface area contributed by atoms with Gasteiger partial charge in [0.15, 0.2) is 5.43 Å². The first-order valence-corrected chi connectivity index (χ1v) is 9.58. The van der Waals surface area contributed by atoms with Gasteiger partial charge in [-0.05, 0) is 56.3 Å². The summed E-state index contributed by atoms with van der Waals surface area (Å²) in [7, 11) is 0. The third-order valence-electron chi connectivity index (χ3n) is 4.11. The van der Waals surface area contributed by atoms with Gasteiger partial charge in [-0.2, -0.15) is 0 Å². The fourth-order valence-electron chi connectivity index (χ4n) is 2.77. The lowest BCUT2D eigenvalue weighted by atomic mass is 10.2. The van der Waals surface area contributed by atoms with E-state index in [1.54, 1.807) is 23.5 Å². The molecule has 26 heavy (non-hydrogen) atoms. The van der Waals surface area contributed by atoms with E-state index >= 15 is 0 Å². The van der Waals surface area contributed by atoms with Crippen molar-refractivity contribution in [1.29, 1.82) is 0 Å². The van der Waals surface area contributed by atoms with E-state index in [0.29, 0.717) is 23.1 Å². The van der Waals surface area contributed by atoms with E-state index in [1.807, 2.05) is 30.3 Å². The Labute approximate surface area is 155 Å². The van der Waals surface area contributed by atoms with Gasteiger partial charge in [0, 0.05) is 20.2 Å². The van der Waals surface area contributed by atoms with Gasteiger partial charge in [-0.1, -0.05) is 18.6 Å². The van der Waals surface area contributed by atoms with Crippen LogP contribution in [-0.4, -0.2) is 25.6 Å². The summed E-state index contributed by atoms with van der Waals surface area (Å²) in [5.74, 6) is 0.0344. The molecule has 0 amide bonds. The zero-order valence-corrected chi connectivity index (χ0v) is 15.3. The minimum absolute atomic E-state index is 0.0368. The maximum Gasteiger partial charge on any atom is 0.325 e. The van der Waals surface area contributed by atoms with Crippen molar-refractivity contribution in [2.75, 3.05) is 19.6 Å². The molecule has 0 unspecified atom stereocenters. The molecular formula is C20H22N2O3S. The summed E-state index contributed by atoms with van der Waals surface area (Å²) in [6, 6.07) is 12.7. The van der Waals surface area contributed by atoms with Gasteiger partial charge >= 0.3 is 5.97 Å². The van der Waals surface area contributed by atoms with Gasteiger partial charge in [0.05, 0.1) is 6.54 Å². The van der Waals surface area contributed by atoms with E-state index in [1.165, 1.54) is 0 Å². The molecule has 6 heteroatoms. The molecule has 0 saturated carbocycles. The molecule has 0 aliphatic carbocycles. The van der Waals surface area contributed by atoms with Crippen LogP contribution in [0.5, 0.6) is 5.75 Å². The molecule has 1 heterocycles. The Kier molecular flexibility index (Phi) is 6.33. The van der Waals surface area contributed by atoms with Crippen LogP contribution in [0.1, 0.15) is 19.3 Å². The zero-order valence-electron chi connectivity index (χ0n) is 14.5. The Hall–Kier alpha value is -2.28. The van der Waals surface area contributed by atoms with Crippen molar-refractivity contribution < 1.29 is 9.53 Å². The van der Waals surface area contributed by atoms with Crippen LogP contribution in [0, 0.1) is 0 Å². The number of hydrogen-bond acceptors (Lipinski definition) is 6. The highest BCUT2D eigenvalue weighted by Gasteiger charge is 2.09. The third kappa shape index (κ3) is 4.46. The number of ether oxygens (including phenoxy) is 1. The summed E-state index contributed by atoms with van der Waals surface area (Å²) in [5.41, 5.74) is 5.41. The smallest absolute Gasteiger partial charge is 0.325 e. The maximum atomic E-state index is 12.7. The molecule has 0 aliphatic heterocycles. The third-order valence-corrected chi connectivity index (χ3v) is 5.26. The predicted molar refractivity (Wildman–Crippen MR) is 107 cm³/mol. The van der Waals surface area contributed by atoms with Crippen LogP contribution in [0.2, 0.25) is 0 Å². The number of hydrogen-bond donors (Lipinski definition) is 2. The summed E-state index contributed by atoms with van der Waals surface area (Å²) < 4.78 is 7.20. The second-order valence-electron chi connectivity index (χ2n) is 6.09. The highest BCUT2D eigenvalue weighted by Crippen LogP contribution is 2.27. The van der Waals surface area contributed by atoms with Gasteiger partial charge in [-0.25, -0.2) is 0 Å². The number of fused-ring (bicyclic) bond motifs is 2. The van der Waals surface area contributed by atoms with Gasteiger partial charge in [-0.15, -0.1) is 11.3 Å². The Bertz CT molecular complexity index is 968. The number of unbranched alkanes of at least 4 members (excludes halogenated alkanes) is 2. The molecule has 0 aliphatic rings. The molecule has 0 saturated heterocycles. The number of esters is 1. The standard InChI is InChI=1S/C20H22N2O3S/c21-10-4-1-5-11-22-13-19(23)25-14-8-9-18-16(12-14)20(24)15-6-2-3-7-17(15)26-18/h2-3,6-9,12,22H,1,4-5,10-11,13,21H2. The van der Waals surface area contributed by atoms with Crippen LogP contribution < -0.4 is 21.2 Å². The number of carbonyl (C=O) groups excluding carboxylic acids is 1. The van der Waals surface area contributed by atoms with Crippen LogP contribution >= 0.6 is 11.3 Å². The fraction of sp³-hybridized carbons (Fsp3) is 0.300. The maximum absolute atomic E-state index is 12.7. The number of rotatable bonds is 8. The first-order valence-electron chi connectivity index (χ1n) is 8.76. The van der Waals surface area contributed by atoms with Crippen LogP contribution in [0.3, 0.4) is 0 Å². The van der Waals surface area contributed by atoms with Crippen molar-refractivity contribution in [3.05, 3.63) is 52.7 Å². The first kappa shape index (κ1) is 18.5. The van der Waals surface area contributed by atoms with Crippen LogP contribution in [0.15, 0.2) is 47.3 Å².